The first-order valence-corrected chi connectivity index (χ1v) is 12.0. The molecule has 1 aliphatic rings. The van der Waals surface area contributed by atoms with Gasteiger partial charge in [0.15, 0.2) is 0 Å². The van der Waals surface area contributed by atoms with Crippen LogP contribution in [-0.4, -0.2) is 63.9 Å². The topological polar surface area (TPSA) is 83.2 Å². The molecule has 2 aromatic rings. The molecule has 1 heterocycles. The second-order valence-electron chi connectivity index (χ2n) is 9.58. The average Bonchev–Trinajstić information content (AvgIpc) is 2.78. The molecular weight excluding hydrogens is 438 g/mol. The zero-order valence-electron chi connectivity index (χ0n) is 22.3. The third kappa shape index (κ3) is 5.85. The summed E-state index contributed by atoms with van der Waals surface area (Å²) in [6.45, 7) is 9.69. The number of carbonyl (C=O) groups is 1. The quantitative estimate of drug-likeness (QED) is 0.561. The maximum absolute atomic E-state index is 13.3. The molecule has 1 atom stereocenters. The number of nitrogens with two attached hydrogens (primary N) is 1. The number of allylic oxidation sites excluding steroid dienone is 2. The molecule has 7 heteroatoms. The lowest BCUT2D eigenvalue weighted by molar-refractivity contribution is 0.0939. The van der Waals surface area contributed by atoms with E-state index in [2.05, 4.69) is 40.3 Å². The Morgan fingerprint density at radius 2 is 1.89 bits per heavy atom. The van der Waals surface area contributed by atoms with Gasteiger partial charge < -0.3 is 25.6 Å². The highest BCUT2D eigenvalue weighted by molar-refractivity contribution is 6.23. The van der Waals surface area contributed by atoms with Crippen molar-refractivity contribution in [2.45, 2.75) is 39.8 Å². The molecule has 3 rings (SSSR count). The van der Waals surface area contributed by atoms with Crippen LogP contribution >= 0.6 is 0 Å². The van der Waals surface area contributed by atoms with Crippen LogP contribution in [0.4, 0.5) is 5.69 Å². The van der Waals surface area contributed by atoms with E-state index in [1.165, 1.54) is 0 Å². The molecule has 0 radical (unpaired) electrons. The van der Waals surface area contributed by atoms with Crippen molar-refractivity contribution in [3.63, 3.8) is 0 Å². The van der Waals surface area contributed by atoms with Gasteiger partial charge in [-0.05, 0) is 88.8 Å². The summed E-state index contributed by atoms with van der Waals surface area (Å²) in [7, 11) is 7.59. The van der Waals surface area contributed by atoms with Gasteiger partial charge in [0, 0.05) is 54.4 Å². The molecule has 3 N–H and O–H groups in total. The van der Waals surface area contributed by atoms with Gasteiger partial charge in [-0.2, -0.15) is 0 Å². The van der Waals surface area contributed by atoms with Gasteiger partial charge >= 0.3 is 0 Å². The average molecular weight is 478 g/mol. The molecule has 1 aliphatic heterocycles. The molecule has 0 spiro atoms. The van der Waals surface area contributed by atoms with Crippen LogP contribution in [0.3, 0.4) is 0 Å². The van der Waals surface area contributed by atoms with Crippen molar-refractivity contribution in [3.8, 4) is 5.75 Å². The van der Waals surface area contributed by atoms with Gasteiger partial charge in [-0.25, -0.2) is 0 Å². The standard InChI is InChI=1S/C28H39N5O2/c1-17-9-10-23(33-15-24(16-33)32(6)7)14-26(17)28(34)31-19(3)21-11-22(13-25(12-21)35-8)27(18(2)29)20(4)30-5/h9-14,19,24H,15-16,29H2,1-8H3,(H,31,34)/t19-/m1/s1. The summed E-state index contributed by atoms with van der Waals surface area (Å²) in [5.74, 6) is 0.607. The Bertz CT molecular complexity index is 1140. The van der Waals surface area contributed by atoms with E-state index in [0.717, 1.165) is 46.8 Å². The molecule has 1 amide bonds. The highest BCUT2D eigenvalue weighted by Crippen LogP contribution is 2.29. The van der Waals surface area contributed by atoms with Crippen molar-refractivity contribution in [1.82, 2.24) is 10.2 Å². The Balaban J connectivity index is 1.85. The molecule has 0 aromatic heterocycles. The van der Waals surface area contributed by atoms with E-state index in [1.807, 2.05) is 58.0 Å². The minimum Gasteiger partial charge on any atom is -0.497 e. The van der Waals surface area contributed by atoms with E-state index in [0.29, 0.717) is 23.1 Å². The molecule has 1 fully saturated rings. The summed E-state index contributed by atoms with van der Waals surface area (Å²) in [6, 6.07) is 12.4. The van der Waals surface area contributed by atoms with Crippen LogP contribution in [0, 0.1) is 6.92 Å². The number of aryl methyl sites for hydroxylation is 1. The molecule has 188 valence electrons. The van der Waals surface area contributed by atoms with E-state index in [9.17, 15) is 4.79 Å². The predicted octanol–water partition coefficient (Wildman–Crippen LogP) is 4.03. The van der Waals surface area contributed by atoms with Crippen molar-refractivity contribution >= 4 is 22.9 Å². The number of benzene rings is 2. The number of anilines is 1. The number of ether oxygens (including phenoxy) is 1. The number of likely N-dealkylation sites (N-methyl/N-ethyl adjacent to an activating group) is 1. The van der Waals surface area contributed by atoms with E-state index < -0.39 is 0 Å². The number of nitrogens with zero attached hydrogens (tertiary/aromatic N) is 3. The van der Waals surface area contributed by atoms with Crippen molar-refractivity contribution in [1.29, 1.82) is 0 Å². The number of aliphatic imine (C=N–C) groups is 1. The zero-order chi connectivity index (χ0) is 25.9. The number of amides is 1. The van der Waals surface area contributed by atoms with Crippen molar-refractivity contribution in [3.05, 3.63) is 64.3 Å². The molecular formula is C28H39N5O2. The van der Waals surface area contributed by atoms with Crippen LogP contribution < -0.4 is 20.7 Å². The minimum atomic E-state index is -0.236. The van der Waals surface area contributed by atoms with E-state index >= 15 is 0 Å². The number of hydrogen-bond donors (Lipinski definition) is 2. The summed E-state index contributed by atoms with van der Waals surface area (Å²) in [5.41, 5.74) is 13.2. The van der Waals surface area contributed by atoms with Gasteiger partial charge in [-0.3, -0.25) is 9.79 Å². The number of nitrogens with one attached hydrogen (secondary N) is 1. The fraction of sp³-hybridized carbons (Fsp3) is 0.429. The molecule has 0 unspecified atom stereocenters. The highest BCUT2D eigenvalue weighted by Gasteiger charge is 2.29. The Labute approximate surface area is 209 Å². The van der Waals surface area contributed by atoms with E-state index in [1.54, 1.807) is 14.2 Å². The Morgan fingerprint density at radius 1 is 1.20 bits per heavy atom. The lowest BCUT2D eigenvalue weighted by atomic mass is 9.95. The number of methoxy groups -OCH3 is 1. The summed E-state index contributed by atoms with van der Waals surface area (Å²) in [6.07, 6.45) is 0. The van der Waals surface area contributed by atoms with Crippen LogP contribution in [0.1, 0.15) is 53.9 Å². The van der Waals surface area contributed by atoms with Crippen molar-refractivity contribution in [2.75, 3.05) is 46.2 Å². The second kappa shape index (κ2) is 11.0. The molecule has 1 saturated heterocycles. The summed E-state index contributed by atoms with van der Waals surface area (Å²) in [4.78, 5) is 22.2. The minimum absolute atomic E-state index is 0.0945. The first kappa shape index (κ1) is 26.3. The molecule has 0 saturated carbocycles. The van der Waals surface area contributed by atoms with Crippen molar-refractivity contribution in [2.24, 2.45) is 10.7 Å². The highest BCUT2D eigenvalue weighted by atomic mass is 16.5. The largest absolute Gasteiger partial charge is 0.497 e. The summed E-state index contributed by atoms with van der Waals surface area (Å²) in [5, 5.41) is 3.17. The SMILES string of the molecule is CN=C(C)C(=C(C)N)c1cc(OC)cc([C@@H](C)NC(=O)c2cc(N3CC(N(C)C)C3)ccc2C)c1. The molecule has 2 aromatic carbocycles. The lowest BCUT2D eigenvalue weighted by Crippen LogP contribution is -2.57. The Morgan fingerprint density at radius 3 is 2.46 bits per heavy atom. The maximum atomic E-state index is 13.3. The summed E-state index contributed by atoms with van der Waals surface area (Å²) < 4.78 is 5.56. The first-order chi connectivity index (χ1) is 16.5. The van der Waals surface area contributed by atoms with Crippen LogP contribution in [0.2, 0.25) is 0 Å². The van der Waals surface area contributed by atoms with Gasteiger partial charge in [0.05, 0.1) is 13.2 Å². The fourth-order valence-electron chi connectivity index (χ4n) is 4.37. The number of rotatable bonds is 8. The van der Waals surface area contributed by atoms with Gasteiger partial charge in [0.1, 0.15) is 5.75 Å². The van der Waals surface area contributed by atoms with Crippen LogP contribution in [-0.2, 0) is 0 Å². The van der Waals surface area contributed by atoms with E-state index in [4.69, 9.17) is 10.5 Å². The third-order valence-corrected chi connectivity index (χ3v) is 6.82. The molecule has 0 aliphatic carbocycles. The van der Waals surface area contributed by atoms with Crippen molar-refractivity contribution < 1.29 is 9.53 Å². The Kier molecular flexibility index (Phi) is 8.22. The van der Waals surface area contributed by atoms with Crippen LogP contribution in [0.15, 0.2) is 47.1 Å². The fourth-order valence-corrected chi connectivity index (χ4v) is 4.37. The van der Waals surface area contributed by atoms with Crippen LogP contribution in [0.5, 0.6) is 5.75 Å². The third-order valence-electron chi connectivity index (χ3n) is 6.82. The maximum Gasteiger partial charge on any atom is 0.252 e. The number of hydrogen-bond acceptors (Lipinski definition) is 6. The summed E-state index contributed by atoms with van der Waals surface area (Å²) >= 11 is 0. The van der Waals surface area contributed by atoms with Gasteiger partial charge in [-0.15, -0.1) is 0 Å². The predicted molar refractivity (Wildman–Crippen MR) is 146 cm³/mol. The van der Waals surface area contributed by atoms with Gasteiger partial charge in [0.2, 0.25) is 0 Å². The lowest BCUT2D eigenvalue weighted by Gasteiger charge is -2.44. The second-order valence-corrected chi connectivity index (χ2v) is 9.58. The Hall–Kier alpha value is -3.32. The normalized spacial score (nSPS) is 16.0. The van der Waals surface area contributed by atoms with E-state index in [-0.39, 0.29) is 11.9 Å². The van der Waals surface area contributed by atoms with Gasteiger partial charge in [0.25, 0.3) is 5.91 Å². The molecule has 35 heavy (non-hydrogen) atoms. The van der Waals surface area contributed by atoms with Crippen LogP contribution in [0.25, 0.3) is 5.57 Å². The zero-order valence-corrected chi connectivity index (χ0v) is 22.3. The first-order valence-electron chi connectivity index (χ1n) is 12.0. The molecule has 7 nitrogen and oxygen atoms in total. The molecule has 0 bridgehead atoms. The van der Waals surface area contributed by atoms with Gasteiger partial charge in [-0.1, -0.05) is 6.07 Å². The smallest absolute Gasteiger partial charge is 0.252 e. The number of carbonyl (C=O) groups excluding carboxylic acids is 1. The monoisotopic (exact) mass is 477 g/mol.